The van der Waals surface area contributed by atoms with Crippen molar-refractivity contribution in [2.45, 2.75) is 6.42 Å². The van der Waals surface area contributed by atoms with Crippen LogP contribution in [0, 0.1) is 0 Å². The molecule has 0 bridgehead atoms. The number of hydrogen-bond acceptors (Lipinski definition) is 4. The number of carbonyl (C=O) groups is 1. The molecule has 1 aromatic carbocycles. The van der Waals surface area contributed by atoms with Gasteiger partial charge in [0, 0.05) is 25.6 Å². The average Bonchev–Trinajstić information content (AvgIpc) is 2.42. The summed E-state index contributed by atoms with van der Waals surface area (Å²) in [5.74, 6) is 0.210. The molecule has 2 rings (SSSR count). The summed E-state index contributed by atoms with van der Waals surface area (Å²) in [4.78, 5) is 16.3. The molecule has 0 aliphatic rings. The Morgan fingerprint density at radius 1 is 1.42 bits per heavy atom. The van der Waals surface area contributed by atoms with E-state index >= 15 is 0 Å². The summed E-state index contributed by atoms with van der Waals surface area (Å²) in [6.45, 7) is 1.20. The van der Waals surface area contributed by atoms with Gasteiger partial charge in [-0.15, -0.1) is 0 Å². The van der Waals surface area contributed by atoms with Crippen LogP contribution >= 0.6 is 0 Å². The van der Waals surface area contributed by atoms with Crippen molar-refractivity contribution in [3.05, 3.63) is 35.9 Å². The molecule has 3 N–H and O–H groups in total. The van der Waals surface area contributed by atoms with Crippen LogP contribution in [0.2, 0.25) is 0 Å². The van der Waals surface area contributed by atoms with Gasteiger partial charge in [0.1, 0.15) is 5.82 Å². The molecular formula is C14H17N3O2. The Labute approximate surface area is 111 Å². The van der Waals surface area contributed by atoms with Gasteiger partial charge in [-0.1, -0.05) is 18.2 Å². The molecule has 0 spiro atoms. The molecule has 5 nitrogen and oxygen atoms in total. The van der Waals surface area contributed by atoms with E-state index in [2.05, 4.69) is 10.3 Å². The third-order valence-corrected chi connectivity index (χ3v) is 2.79. The highest BCUT2D eigenvalue weighted by atomic mass is 16.5. The van der Waals surface area contributed by atoms with Crippen molar-refractivity contribution in [2.24, 2.45) is 0 Å². The van der Waals surface area contributed by atoms with E-state index in [9.17, 15) is 4.79 Å². The lowest BCUT2D eigenvalue weighted by Gasteiger charge is -2.08. The molecule has 0 saturated carbocycles. The molecule has 0 fully saturated rings. The van der Waals surface area contributed by atoms with Gasteiger partial charge in [0.25, 0.3) is 5.91 Å². The van der Waals surface area contributed by atoms with Gasteiger partial charge in [-0.05, 0) is 18.6 Å². The van der Waals surface area contributed by atoms with Crippen LogP contribution in [0.25, 0.3) is 10.9 Å². The fraction of sp³-hybridized carbons (Fsp3) is 0.286. The Hall–Kier alpha value is -2.14. The topological polar surface area (TPSA) is 77.2 Å². The predicted molar refractivity (Wildman–Crippen MR) is 75.0 cm³/mol. The van der Waals surface area contributed by atoms with Crippen molar-refractivity contribution in [1.29, 1.82) is 0 Å². The van der Waals surface area contributed by atoms with Crippen molar-refractivity contribution in [3.63, 3.8) is 0 Å². The van der Waals surface area contributed by atoms with E-state index in [1.165, 1.54) is 0 Å². The SMILES string of the molecule is COCCCNC(=O)c1cc(N)nc2ccccc12. The highest BCUT2D eigenvalue weighted by Gasteiger charge is 2.11. The van der Waals surface area contributed by atoms with E-state index in [0.29, 0.717) is 24.5 Å². The number of amides is 1. The number of hydrogen-bond donors (Lipinski definition) is 2. The number of nitrogens with one attached hydrogen (secondary N) is 1. The van der Waals surface area contributed by atoms with E-state index in [0.717, 1.165) is 17.3 Å². The maximum atomic E-state index is 12.1. The fourth-order valence-electron chi connectivity index (χ4n) is 1.90. The van der Waals surface area contributed by atoms with Crippen LogP contribution in [0.3, 0.4) is 0 Å². The first-order valence-electron chi connectivity index (χ1n) is 6.15. The van der Waals surface area contributed by atoms with E-state index in [1.54, 1.807) is 13.2 Å². The first kappa shape index (κ1) is 13.3. The molecule has 5 heteroatoms. The first-order valence-corrected chi connectivity index (χ1v) is 6.15. The number of ether oxygens (including phenoxy) is 1. The van der Waals surface area contributed by atoms with Crippen LogP contribution in [-0.4, -0.2) is 31.2 Å². The van der Waals surface area contributed by atoms with Crippen LogP contribution in [0.4, 0.5) is 5.82 Å². The third kappa shape index (κ3) is 3.20. The molecular weight excluding hydrogens is 242 g/mol. The summed E-state index contributed by atoms with van der Waals surface area (Å²) < 4.78 is 4.94. The van der Waals surface area contributed by atoms with Gasteiger partial charge in [-0.25, -0.2) is 4.98 Å². The summed E-state index contributed by atoms with van der Waals surface area (Å²) in [7, 11) is 1.64. The predicted octanol–water partition coefficient (Wildman–Crippen LogP) is 1.58. The number of methoxy groups -OCH3 is 1. The number of carbonyl (C=O) groups excluding carboxylic acids is 1. The largest absolute Gasteiger partial charge is 0.385 e. The number of nitrogens with zero attached hydrogens (tertiary/aromatic N) is 1. The molecule has 19 heavy (non-hydrogen) atoms. The minimum Gasteiger partial charge on any atom is -0.385 e. The number of aromatic nitrogens is 1. The number of nitrogen functional groups attached to an aromatic ring is 1. The second-order valence-electron chi connectivity index (χ2n) is 4.21. The van der Waals surface area contributed by atoms with Crippen molar-refractivity contribution < 1.29 is 9.53 Å². The molecule has 0 saturated heterocycles. The van der Waals surface area contributed by atoms with E-state index in [1.807, 2.05) is 24.3 Å². The van der Waals surface area contributed by atoms with Crippen molar-refractivity contribution in [3.8, 4) is 0 Å². The van der Waals surface area contributed by atoms with Crippen LogP contribution in [0.15, 0.2) is 30.3 Å². The van der Waals surface area contributed by atoms with Gasteiger partial charge in [0.05, 0.1) is 11.1 Å². The summed E-state index contributed by atoms with van der Waals surface area (Å²) >= 11 is 0. The highest BCUT2D eigenvalue weighted by Crippen LogP contribution is 2.19. The second-order valence-corrected chi connectivity index (χ2v) is 4.21. The van der Waals surface area contributed by atoms with Crippen LogP contribution in [0.1, 0.15) is 16.8 Å². The molecule has 0 atom stereocenters. The molecule has 0 aliphatic heterocycles. The molecule has 1 amide bonds. The minimum absolute atomic E-state index is 0.138. The van der Waals surface area contributed by atoms with E-state index < -0.39 is 0 Å². The summed E-state index contributed by atoms with van der Waals surface area (Å²) in [6.07, 6.45) is 0.779. The molecule has 0 unspecified atom stereocenters. The average molecular weight is 259 g/mol. The summed E-state index contributed by atoms with van der Waals surface area (Å²) in [6, 6.07) is 9.06. The number of nitrogens with two attached hydrogens (primary N) is 1. The first-order chi connectivity index (χ1) is 9.22. The van der Waals surface area contributed by atoms with Crippen LogP contribution < -0.4 is 11.1 Å². The Morgan fingerprint density at radius 2 is 2.21 bits per heavy atom. The number of fused-ring (bicyclic) bond motifs is 1. The quantitative estimate of drug-likeness (QED) is 0.799. The smallest absolute Gasteiger partial charge is 0.252 e. The number of para-hydroxylation sites is 1. The fourth-order valence-corrected chi connectivity index (χ4v) is 1.90. The normalized spacial score (nSPS) is 10.6. The van der Waals surface area contributed by atoms with Crippen molar-refractivity contribution in [2.75, 3.05) is 26.0 Å². The monoisotopic (exact) mass is 259 g/mol. The summed E-state index contributed by atoms with van der Waals surface area (Å²) in [5.41, 5.74) is 7.01. The molecule has 2 aromatic rings. The number of rotatable bonds is 5. The molecule has 100 valence electrons. The van der Waals surface area contributed by atoms with Crippen molar-refractivity contribution in [1.82, 2.24) is 10.3 Å². The maximum Gasteiger partial charge on any atom is 0.252 e. The van der Waals surface area contributed by atoms with Gasteiger partial charge >= 0.3 is 0 Å². The maximum absolute atomic E-state index is 12.1. The molecule has 0 radical (unpaired) electrons. The van der Waals surface area contributed by atoms with E-state index in [4.69, 9.17) is 10.5 Å². The zero-order valence-electron chi connectivity index (χ0n) is 10.8. The molecule has 1 aromatic heterocycles. The molecule has 1 heterocycles. The minimum atomic E-state index is -0.138. The van der Waals surface area contributed by atoms with Gasteiger partial charge in [0.2, 0.25) is 0 Å². The number of pyridine rings is 1. The summed E-state index contributed by atoms with van der Waals surface area (Å²) in [5, 5.41) is 3.66. The third-order valence-electron chi connectivity index (χ3n) is 2.79. The zero-order valence-corrected chi connectivity index (χ0v) is 10.8. The lowest BCUT2D eigenvalue weighted by atomic mass is 10.1. The van der Waals surface area contributed by atoms with Gasteiger partial charge in [-0.3, -0.25) is 4.79 Å². The Bertz CT molecular complexity index is 584. The number of anilines is 1. The van der Waals surface area contributed by atoms with Crippen LogP contribution in [0.5, 0.6) is 0 Å². The lowest BCUT2D eigenvalue weighted by Crippen LogP contribution is -2.25. The highest BCUT2D eigenvalue weighted by molar-refractivity contribution is 6.06. The lowest BCUT2D eigenvalue weighted by molar-refractivity contribution is 0.0950. The second kappa shape index (κ2) is 6.15. The Morgan fingerprint density at radius 3 is 3.00 bits per heavy atom. The Kier molecular flexibility index (Phi) is 4.30. The zero-order chi connectivity index (χ0) is 13.7. The number of benzene rings is 1. The van der Waals surface area contributed by atoms with Gasteiger partial charge in [0.15, 0.2) is 0 Å². The van der Waals surface area contributed by atoms with Crippen molar-refractivity contribution >= 4 is 22.6 Å². The molecule has 0 aliphatic carbocycles. The van der Waals surface area contributed by atoms with Gasteiger partial charge < -0.3 is 15.8 Å². The standard InChI is InChI=1S/C14H17N3O2/c1-19-8-4-7-16-14(18)11-9-13(15)17-12-6-3-2-5-10(11)12/h2-3,5-6,9H,4,7-8H2,1H3,(H2,15,17)(H,16,18). The van der Waals surface area contributed by atoms with E-state index in [-0.39, 0.29) is 5.91 Å². The van der Waals surface area contributed by atoms with Crippen LogP contribution in [-0.2, 0) is 4.74 Å². The van der Waals surface area contributed by atoms with Gasteiger partial charge in [-0.2, -0.15) is 0 Å². The Balaban J connectivity index is 2.21.